The number of guanidine groups is 1. The largest absolute Gasteiger partial charge is 0.354 e. The van der Waals surface area contributed by atoms with Crippen molar-refractivity contribution in [2.24, 2.45) is 4.99 Å². The Labute approximate surface area is 136 Å². The average Bonchev–Trinajstić information content (AvgIpc) is 2.81. The topological polar surface area (TPSA) is 67.1 Å². The van der Waals surface area contributed by atoms with Crippen LogP contribution in [0.5, 0.6) is 0 Å². The second-order valence-electron chi connectivity index (χ2n) is 5.33. The summed E-state index contributed by atoms with van der Waals surface area (Å²) in [6, 6.07) is 1.01. The minimum Gasteiger partial charge on any atom is -0.354 e. The number of aryl methyl sites for hydroxylation is 1. The van der Waals surface area contributed by atoms with Crippen LogP contribution < -0.4 is 10.6 Å². The molecule has 1 fully saturated rings. The van der Waals surface area contributed by atoms with E-state index in [4.69, 9.17) is 0 Å². The summed E-state index contributed by atoms with van der Waals surface area (Å²) in [7, 11) is 0. The van der Waals surface area contributed by atoms with Gasteiger partial charge in [0.2, 0.25) is 0 Å². The molecule has 2 aliphatic rings. The van der Waals surface area contributed by atoms with Gasteiger partial charge in [0, 0.05) is 25.0 Å². The van der Waals surface area contributed by atoms with Crippen LogP contribution in [0.4, 0.5) is 0 Å². The van der Waals surface area contributed by atoms with Crippen LogP contribution >= 0.6 is 24.0 Å². The lowest BCUT2D eigenvalue weighted by Gasteiger charge is -2.31. The molecule has 0 radical (unpaired) electrons. The van der Waals surface area contributed by atoms with Crippen molar-refractivity contribution >= 4 is 29.9 Å². The van der Waals surface area contributed by atoms with E-state index in [2.05, 4.69) is 32.6 Å². The fourth-order valence-corrected chi connectivity index (χ4v) is 2.59. The Bertz CT molecular complexity index is 453. The molecule has 2 N–H and O–H groups in total. The zero-order valence-electron chi connectivity index (χ0n) is 11.9. The van der Waals surface area contributed by atoms with E-state index in [1.54, 1.807) is 6.33 Å². The number of nitrogens with zero attached hydrogens (tertiary/aromatic N) is 4. The zero-order valence-corrected chi connectivity index (χ0v) is 14.2. The summed E-state index contributed by atoms with van der Waals surface area (Å²) in [6.07, 6.45) is 7.59. The van der Waals surface area contributed by atoms with Crippen LogP contribution in [0.15, 0.2) is 11.3 Å². The summed E-state index contributed by atoms with van der Waals surface area (Å²) < 4.78 is 1.99. The number of hydrogen-bond acceptors (Lipinski definition) is 3. The normalized spacial score (nSPS) is 22.4. The van der Waals surface area contributed by atoms with Gasteiger partial charge in [-0.15, -0.1) is 24.0 Å². The van der Waals surface area contributed by atoms with Gasteiger partial charge in [-0.05, 0) is 32.6 Å². The van der Waals surface area contributed by atoms with Crippen molar-refractivity contribution in [1.82, 2.24) is 25.4 Å². The van der Waals surface area contributed by atoms with Crippen molar-refractivity contribution in [2.45, 2.75) is 57.7 Å². The van der Waals surface area contributed by atoms with E-state index in [-0.39, 0.29) is 24.0 Å². The molecule has 1 aliphatic carbocycles. The molecule has 2 heterocycles. The van der Waals surface area contributed by atoms with Crippen molar-refractivity contribution < 1.29 is 0 Å². The van der Waals surface area contributed by atoms with E-state index in [1.165, 1.54) is 19.3 Å². The molecule has 1 aromatic heterocycles. The van der Waals surface area contributed by atoms with Crippen LogP contribution in [-0.2, 0) is 13.0 Å². The van der Waals surface area contributed by atoms with Gasteiger partial charge in [-0.2, -0.15) is 5.10 Å². The highest BCUT2D eigenvalue weighted by atomic mass is 127. The van der Waals surface area contributed by atoms with Crippen LogP contribution in [0, 0.1) is 0 Å². The van der Waals surface area contributed by atoms with Gasteiger partial charge in [-0.1, -0.05) is 0 Å². The summed E-state index contributed by atoms with van der Waals surface area (Å²) in [5.41, 5.74) is 0. The molecular formula is C13H23IN6. The molecule has 20 heavy (non-hydrogen) atoms. The molecule has 0 amide bonds. The van der Waals surface area contributed by atoms with Gasteiger partial charge < -0.3 is 10.6 Å². The van der Waals surface area contributed by atoms with Crippen molar-refractivity contribution in [1.29, 1.82) is 0 Å². The third-order valence-corrected chi connectivity index (χ3v) is 3.91. The van der Waals surface area contributed by atoms with E-state index in [0.29, 0.717) is 12.1 Å². The Morgan fingerprint density at radius 1 is 1.35 bits per heavy atom. The molecule has 0 saturated heterocycles. The Kier molecular flexibility index (Phi) is 5.62. The number of halogens is 1. The minimum absolute atomic E-state index is 0. The maximum Gasteiger partial charge on any atom is 0.191 e. The van der Waals surface area contributed by atoms with Gasteiger partial charge in [0.25, 0.3) is 0 Å². The maximum absolute atomic E-state index is 4.53. The number of hydrogen-bond donors (Lipinski definition) is 2. The highest BCUT2D eigenvalue weighted by Crippen LogP contribution is 2.18. The summed E-state index contributed by atoms with van der Waals surface area (Å²) in [5.74, 6) is 2.06. The van der Waals surface area contributed by atoms with Gasteiger partial charge in [0.05, 0.1) is 6.54 Å². The lowest BCUT2D eigenvalue weighted by molar-refractivity contribution is 0.363. The fraction of sp³-hybridized carbons (Fsp3) is 0.769. The van der Waals surface area contributed by atoms with Crippen molar-refractivity contribution in [3.05, 3.63) is 12.2 Å². The van der Waals surface area contributed by atoms with E-state index in [0.717, 1.165) is 37.7 Å². The first-order valence-corrected chi connectivity index (χ1v) is 7.29. The summed E-state index contributed by atoms with van der Waals surface area (Å²) in [4.78, 5) is 8.79. The monoisotopic (exact) mass is 390 g/mol. The lowest BCUT2D eigenvalue weighted by atomic mass is 9.93. The van der Waals surface area contributed by atoms with Crippen LogP contribution in [0.2, 0.25) is 0 Å². The SMILES string of the molecule is CCN=C(NC1CCC1)NC1CCc2ncnn2C1.I. The molecule has 1 aliphatic heterocycles. The van der Waals surface area contributed by atoms with E-state index >= 15 is 0 Å². The van der Waals surface area contributed by atoms with Gasteiger partial charge in [0.1, 0.15) is 12.2 Å². The Hall–Kier alpha value is -0.860. The molecule has 1 unspecified atom stereocenters. The fourth-order valence-electron chi connectivity index (χ4n) is 2.59. The first-order valence-electron chi connectivity index (χ1n) is 7.29. The van der Waals surface area contributed by atoms with Crippen LogP contribution in [0.3, 0.4) is 0 Å². The molecule has 0 aromatic carbocycles. The summed E-state index contributed by atoms with van der Waals surface area (Å²) in [6.45, 7) is 3.76. The number of rotatable bonds is 3. The molecule has 1 saturated carbocycles. The third-order valence-electron chi connectivity index (χ3n) is 3.91. The summed E-state index contributed by atoms with van der Waals surface area (Å²) >= 11 is 0. The smallest absolute Gasteiger partial charge is 0.191 e. The average molecular weight is 390 g/mol. The van der Waals surface area contributed by atoms with Crippen molar-refractivity contribution in [3.63, 3.8) is 0 Å². The van der Waals surface area contributed by atoms with Crippen molar-refractivity contribution in [2.75, 3.05) is 6.54 Å². The van der Waals surface area contributed by atoms with Gasteiger partial charge in [0.15, 0.2) is 5.96 Å². The third kappa shape index (κ3) is 3.62. The molecule has 112 valence electrons. The number of fused-ring (bicyclic) bond motifs is 1. The Morgan fingerprint density at radius 3 is 2.85 bits per heavy atom. The zero-order chi connectivity index (χ0) is 13.1. The van der Waals surface area contributed by atoms with Gasteiger partial charge in [-0.25, -0.2) is 9.67 Å². The molecule has 6 nitrogen and oxygen atoms in total. The van der Waals surface area contributed by atoms with E-state index < -0.39 is 0 Å². The Balaban J connectivity index is 0.00000147. The van der Waals surface area contributed by atoms with Crippen molar-refractivity contribution in [3.8, 4) is 0 Å². The highest BCUT2D eigenvalue weighted by Gasteiger charge is 2.23. The van der Waals surface area contributed by atoms with Crippen LogP contribution in [0.1, 0.15) is 38.4 Å². The van der Waals surface area contributed by atoms with E-state index in [9.17, 15) is 0 Å². The lowest BCUT2D eigenvalue weighted by Crippen LogP contribution is -2.51. The molecule has 7 heteroatoms. The Morgan fingerprint density at radius 2 is 2.15 bits per heavy atom. The second kappa shape index (κ2) is 7.24. The first kappa shape index (κ1) is 15.5. The number of nitrogens with one attached hydrogen (secondary N) is 2. The highest BCUT2D eigenvalue weighted by molar-refractivity contribution is 14.0. The maximum atomic E-state index is 4.53. The van der Waals surface area contributed by atoms with Crippen LogP contribution in [0.25, 0.3) is 0 Å². The molecule has 1 atom stereocenters. The number of aromatic nitrogens is 3. The van der Waals surface area contributed by atoms with Gasteiger partial charge >= 0.3 is 0 Å². The van der Waals surface area contributed by atoms with Crippen LogP contribution in [-0.4, -0.2) is 39.4 Å². The van der Waals surface area contributed by atoms with Gasteiger partial charge in [-0.3, -0.25) is 4.99 Å². The van der Waals surface area contributed by atoms with E-state index in [1.807, 2.05) is 4.68 Å². The second-order valence-corrected chi connectivity index (χ2v) is 5.33. The minimum atomic E-state index is 0. The molecule has 3 rings (SSSR count). The quantitative estimate of drug-likeness (QED) is 0.464. The number of aliphatic imine (C=N–C) groups is 1. The molecular weight excluding hydrogens is 367 g/mol. The molecule has 1 aromatic rings. The molecule has 0 spiro atoms. The summed E-state index contributed by atoms with van der Waals surface area (Å²) in [5, 5.41) is 11.3. The first-order chi connectivity index (χ1) is 9.35. The standard InChI is InChI=1S/C13H22N6.HI/c1-2-14-13(17-10-4-3-5-10)18-11-6-7-12-15-9-16-19(12)8-11;/h9-11H,2-8H2,1H3,(H2,14,17,18);1H. The predicted octanol–water partition coefficient (Wildman–Crippen LogP) is 1.32. The predicted molar refractivity (Wildman–Crippen MR) is 89.4 cm³/mol. The molecule has 0 bridgehead atoms.